The predicted octanol–water partition coefficient (Wildman–Crippen LogP) is 4.81. The number of amides is 2. The number of benzene rings is 2. The van der Waals surface area contributed by atoms with Crippen molar-refractivity contribution in [3.05, 3.63) is 81.2 Å². The maximum Gasteiger partial charge on any atom is 0.343 e. The van der Waals surface area contributed by atoms with E-state index in [4.69, 9.17) is 9.47 Å². The lowest BCUT2D eigenvalue weighted by Crippen LogP contribution is -2.33. The molecule has 0 saturated heterocycles. The van der Waals surface area contributed by atoms with Gasteiger partial charge in [-0.05, 0) is 94.0 Å². The van der Waals surface area contributed by atoms with Crippen molar-refractivity contribution in [1.29, 1.82) is 0 Å². The van der Waals surface area contributed by atoms with E-state index in [2.05, 4.69) is 15.8 Å². The van der Waals surface area contributed by atoms with Crippen LogP contribution < -0.4 is 15.5 Å². The molecule has 9 nitrogen and oxygen atoms in total. The highest BCUT2D eigenvalue weighted by molar-refractivity contribution is 7.17. The lowest BCUT2D eigenvalue weighted by atomic mass is 9.95. The van der Waals surface area contributed by atoms with Gasteiger partial charge in [0.15, 0.2) is 0 Å². The number of carbonyl (C=O) groups is 4. The molecule has 0 bridgehead atoms. The molecule has 2 aromatic carbocycles. The lowest BCUT2D eigenvalue weighted by Gasteiger charge is -2.12. The summed E-state index contributed by atoms with van der Waals surface area (Å²) in [6, 6.07) is 13.7. The number of thiophene rings is 1. The van der Waals surface area contributed by atoms with Crippen molar-refractivity contribution in [1.82, 2.24) is 5.43 Å². The largest absolute Gasteiger partial charge is 0.462 e. The van der Waals surface area contributed by atoms with Crippen molar-refractivity contribution >= 4 is 45.8 Å². The summed E-state index contributed by atoms with van der Waals surface area (Å²) in [5.41, 5.74) is 5.97. The van der Waals surface area contributed by atoms with Crippen molar-refractivity contribution in [2.45, 2.75) is 46.5 Å². The second-order valence-electron chi connectivity index (χ2n) is 9.01. The van der Waals surface area contributed by atoms with Gasteiger partial charge in [-0.1, -0.05) is 17.7 Å². The number of hydrogen-bond acceptors (Lipinski definition) is 8. The Balaban J connectivity index is 1.38. The Kier molecular flexibility index (Phi) is 8.88. The molecule has 1 aliphatic carbocycles. The highest BCUT2D eigenvalue weighted by Crippen LogP contribution is 2.38. The number of rotatable bonds is 7. The van der Waals surface area contributed by atoms with E-state index in [1.54, 1.807) is 56.3 Å². The van der Waals surface area contributed by atoms with E-state index in [1.165, 1.54) is 11.3 Å². The molecule has 10 heteroatoms. The maximum absolute atomic E-state index is 12.6. The first kappa shape index (κ1) is 27.7. The van der Waals surface area contributed by atoms with Gasteiger partial charge in [0, 0.05) is 4.88 Å². The summed E-state index contributed by atoms with van der Waals surface area (Å²) < 4.78 is 10.6. The van der Waals surface area contributed by atoms with E-state index in [9.17, 15) is 19.2 Å². The van der Waals surface area contributed by atoms with Crippen LogP contribution in [0.2, 0.25) is 0 Å². The lowest BCUT2D eigenvalue weighted by molar-refractivity contribution is -0.136. The quantitative estimate of drug-likeness (QED) is 0.144. The number of nitrogens with one attached hydrogen (secondary N) is 2. The number of anilines is 1. The van der Waals surface area contributed by atoms with E-state index in [1.807, 2.05) is 13.0 Å². The van der Waals surface area contributed by atoms with E-state index >= 15 is 0 Å². The number of carbonyl (C=O) groups excluding carboxylic acids is 4. The zero-order valence-corrected chi connectivity index (χ0v) is 22.8. The van der Waals surface area contributed by atoms with Crippen molar-refractivity contribution in [3.63, 3.8) is 0 Å². The molecular formula is C29H29N3O6S. The third kappa shape index (κ3) is 6.77. The third-order valence-electron chi connectivity index (χ3n) is 6.15. The fourth-order valence-electron chi connectivity index (χ4n) is 4.19. The van der Waals surface area contributed by atoms with E-state index < -0.39 is 23.8 Å². The summed E-state index contributed by atoms with van der Waals surface area (Å²) in [5.74, 6) is -2.52. The second kappa shape index (κ2) is 12.5. The van der Waals surface area contributed by atoms with Gasteiger partial charge in [0.05, 0.1) is 23.4 Å². The Morgan fingerprint density at radius 2 is 1.69 bits per heavy atom. The molecule has 2 N–H and O–H groups in total. The summed E-state index contributed by atoms with van der Waals surface area (Å²) in [5, 5.41) is 6.90. The van der Waals surface area contributed by atoms with Gasteiger partial charge in [0.25, 0.3) is 0 Å². The number of nitrogens with zero attached hydrogens (tertiary/aromatic N) is 1. The smallest absolute Gasteiger partial charge is 0.343 e. The fraction of sp³-hybridized carbons (Fsp3) is 0.276. The molecule has 0 unspecified atom stereocenters. The molecule has 2 amide bonds. The molecule has 0 saturated carbocycles. The molecule has 202 valence electrons. The monoisotopic (exact) mass is 547 g/mol. The van der Waals surface area contributed by atoms with E-state index in [0.717, 1.165) is 41.7 Å². The Hall–Kier alpha value is -4.31. The molecular weight excluding hydrogens is 518 g/mol. The minimum Gasteiger partial charge on any atom is -0.462 e. The fourth-order valence-corrected chi connectivity index (χ4v) is 5.46. The summed E-state index contributed by atoms with van der Waals surface area (Å²) >= 11 is 1.30. The van der Waals surface area contributed by atoms with Crippen LogP contribution >= 0.6 is 11.3 Å². The molecule has 0 spiro atoms. The van der Waals surface area contributed by atoms with Crippen LogP contribution in [0.1, 0.15) is 69.0 Å². The number of aryl methyl sites for hydroxylation is 2. The summed E-state index contributed by atoms with van der Waals surface area (Å²) in [6.45, 7) is 5.49. The van der Waals surface area contributed by atoms with Gasteiger partial charge in [-0.2, -0.15) is 5.10 Å². The van der Waals surface area contributed by atoms with Crippen LogP contribution in [0.3, 0.4) is 0 Å². The first-order valence-corrected chi connectivity index (χ1v) is 13.4. The second-order valence-corrected chi connectivity index (χ2v) is 10.1. The Labute approximate surface area is 230 Å². The highest BCUT2D eigenvalue weighted by atomic mass is 32.1. The Bertz CT molecular complexity index is 1440. The average molecular weight is 548 g/mol. The molecule has 0 aliphatic heterocycles. The first-order valence-electron chi connectivity index (χ1n) is 12.6. The van der Waals surface area contributed by atoms with Gasteiger partial charge < -0.3 is 14.8 Å². The number of esters is 2. The van der Waals surface area contributed by atoms with Gasteiger partial charge in [-0.25, -0.2) is 15.0 Å². The molecule has 0 atom stereocenters. The van der Waals surface area contributed by atoms with Crippen LogP contribution in [-0.4, -0.2) is 36.1 Å². The van der Waals surface area contributed by atoms with Gasteiger partial charge in [0.1, 0.15) is 10.8 Å². The number of fused-ring (bicyclic) bond motifs is 1. The molecule has 4 rings (SSSR count). The van der Waals surface area contributed by atoms with Crippen molar-refractivity contribution in [2.75, 3.05) is 11.9 Å². The molecule has 0 fully saturated rings. The van der Waals surface area contributed by atoms with Gasteiger partial charge >= 0.3 is 23.8 Å². The molecule has 0 radical (unpaired) electrons. The van der Waals surface area contributed by atoms with Gasteiger partial charge in [-0.15, -0.1) is 11.3 Å². The molecule has 3 aromatic rings. The molecule has 1 aromatic heterocycles. The van der Waals surface area contributed by atoms with Crippen LogP contribution in [0.15, 0.2) is 53.6 Å². The van der Waals surface area contributed by atoms with Crippen molar-refractivity contribution in [2.24, 2.45) is 5.10 Å². The van der Waals surface area contributed by atoms with Crippen LogP contribution in [-0.2, 0) is 27.2 Å². The van der Waals surface area contributed by atoms with Crippen molar-refractivity contribution in [3.8, 4) is 5.75 Å². The van der Waals surface area contributed by atoms with E-state index in [0.29, 0.717) is 33.2 Å². The average Bonchev–Trinajstić information content (AvgIpc) is 3.29. The molecule has 1 aliphatic rings. The van der Waals surface area contributed by atoms with Crippen molar-refractivity contribution < 1.29 is 28.7 Å². The SMILES string of the molecule is CCOC(=O)c1c(NC(=O)C(=O)NN=C(C)c2ccc(OC(=O)c3cccc(C)c3)cc2)sc2c1CCCC2. The Morgan fingerprint density at radius 1 is 0.949 bits per heavy atom. The van der Waals surface area contributed by atoms with Gasteiger partial charge in [0.2, 0.25) is 0 Å². The molecule has 1 heterocycles. The van der Waals surface area contributed by atoms with Crippen LogP contribution in [0, 0.1) is 6.92 Å². The first-order chi connectivity index (χ1) is 18.8. The standard InChI is InChI=1S/C29H29N3O6S/c1-4-37-29(36)24-22-10-5-6-11-23(22)39-27(24)30-25(33)26(34)32-31-18(3)19-12-14-21(15-13-19)38-28(35)20-9-7-8-17(2)16-20/h7-9,12-16H,4-6,10-11H2,1-3H3,(H,30,33)(H,32,34). The number of ether oxygens (including phenoxy) is 2. The third-order valence-corrected chi connectivity index (χ3v) is 7.35. The number of hydrazone groups is 1. The minimum absolute atomic E-state index is 0.210. The van der Waals surface area contributed by atoms with Gasteiger partial charge in [-0.3, -0.25) is 9.59 Å². The highest BCUT2D eigenvalue weighted by Gasteiger charge is 2.28. The number of hydrogen-bond donors (Lipinski definition) is 2. The van der Waals surface area contributed by atoms with E-state index in [-0.39, 0.29) is 6.61 Å². The minimum atomic E-state index is -0.973. The zero-order chi connectivity index (χ0) is 27.9. The van der Waals surface area contributed by atoms with Crippen LogP contribution in [0.4, 0.5) is 5.00 Å². The zero-order valence-electron chi connectivity index (χ0n) is 22.0. The predicted molar refractivity (Wildman–Crippen MR) is 148 cm³/mol. The topological polar surface area (TPSA) is 123 Å². The summed E-state index contributed by atoms with van der Waals surface area (Å²) in [7, 11) is 0. The maximum atomic E-state index is 12.6. The van der Waals surface area contributed by atoms with Crippen LogP contribution in [0.5, 0.6) is 5.75 Å². The van der Waals surface area contributed by atoms with Crippen LogP contribution in [0.25, 0.3) is 0 Å². The molecule has 39 heavy (non-hydrogen) atoms. The summed E-state index contributed by atoms with van der Waals surface area (Å²) in [4.78, 5) is 51.0. The summed E-state index contributed by atoms with van der Waals surface area (Å²) in [6.07, 6.45) is 3.51. The Morgan fingerprint density at radius 3 is 2.41 bits per heavy atom. The normalized spacial score (nSPS) is 12.7.